The van der Waals surface area contributed by atoms with E-state index in [1.807, 2.05) is 6.92 Å². The lowest BCUT2D eigenvalue weighted by atomic mass is 9.89. The van der Waals surface area contributed by atoms with Gasteiger partial charge in [0, 0.05) is 0 Å². The zero-order valence-corrected chi connectivity index (χ0v) is 7.29. The first-order chi connectivity index (χ1) is 5.29. The van der Waals surface area contributed by atoms with Gasteiger partial charge in [-0.05, 0) is 44.9 Å². The molecule has 11 heavy (non-hydrogen) atoms. The van der Waals surface area contributed by atoms with Crippen molar-refractivity contribution >= 4 is 0 Å². The van der Waals surface area contributed by atoms with E-state index in [2.05, 4.69) is 12.2 Å². The molecule has 1 heteroatoms. The zero-order valence-electron chi connectivity index (χ0n) is 7.29. The molecule has 1 unspecified atom stereocenters. The van der Waals surface area contributed by atoms with Gasteiger partial charge < -0.3 is 5.11 Å². The maximum atomic E-state index is 9.06. The van der Waals surface area contributed by atoms with Gasteiger partial charge in [0.1, 0.15) is 0 Å². The first-order valence-electron chi connectivity index (χ1n) is 4.62. The van der Waals surface area contributed by atoms with Gasteiger partial charge in [0.15, 0.2) is 0 Å². The largest absolute Gasteiger partial charge is 0.393 e. The van der Waals surface area contributed by atoms with Crippen molar-refractivity contribution in [2.24, 2.45) is 5.92 Å². The lowest BCUT2D eigenvalue weighted by Gasteiger charge is -2.17. The third-order valence-electron chi connectivity index (χ3n) is 2.37. The molecule has 0 saturated carbocycles. The molecule has 0 amide bonds. The molecule has 1 aliphatic carbocycles. The second-order valence-corrected chi connectivity index (χ2v) is 3.58. The van der Waals surface area contributed by atoms with Crippen molar-refractivity contribution in [2.75, 3.05) is 0 Å². The number of hydrogen-bond donors (Lipinski definition) is 1. The molecule has 0 saturated heterocycles. The Morgan fingerprint density at radius 3 is 2.91 bits per heavy atom. The Bertz CT molecular complexity index is 127. The lowest BCUT2D eigenvalue weighted by molar-refractivity contribution is 0.172. The van der Waals surface area contributed by atoms with Crippen LogP contribution in [0.2, 0.25) is 0 Å². The second-order valence-electron chi connectivity index (χ2n) is 3.58. The fourth-order valence-electron chi connectivity index (χ4n) is 1.60. The summed E-state index contributed by atoms with van der Waals surface area (Å²) in [6, 6.07) is 0. The topological polar surface area (TPSA) is 20.2 Å². The molecule has 0 radical (unpaired) electrons. The molecule has 64 valence electrons. The molecule has 0 aliphatic heterocycles. The van der Waals surface area contributed by atoms with Gasteiger partial charge in [0.25, 0.3) is 0 Å². The first kappa shape index (κ1) is 8.79. The minimum Gasteiger partial charge on any atom is -0.393 e. The van der Waals surface area contributed by atoms with Crippen molar-refractivity contribution < 1.29 is 5.11 Å². The van der Waals surface area contributed by atoms with E-state index < -0.39 is 0 Å². The normalized spacial score (nSPS) is 26.9. The Morgan fingerprint density at radius 1 is 1.55 bits per heavy atom. The van der Waals surface area contributed by atoms with Crippen LogP contribution in [0.3, 0.4) is 0 Å². The molecule has 0 bridgehead atoms. The summed E-state index contributed by atoms with van der Waals surface area (Å²) in [5.41, 5.74) is 0. The predicted molar refractivity (Wildman–Crippen MR) is 47.4 cm³/mol. The van der Waals surface area contributed by atoms with Crippen molar-refractivity contribution in [3.8, 4) is 0 Å². The molecule has 0 aromatic rings. The quantitative estimate of drug-likeness (QED) is 0.619. The van der Waals surface area contributed by atoms with E-state index in [1.54, 1.807) is 0 Å². The number of rotatable bonds is 3. The average Bonchev–Trinajstić information content (AvgIpc) is 2.03. The highest BCUT2D eigenvalue weighted by molar-refractivity contribution is 4.89. The van der Waals surface area contributed by atoms with Crippen LogP contribution in [0.5, 0.6) is 0 Å². The van der Waals surface area contributed by atoms with E-state index in [1.165, 1.54) is 25.7 Å². The van der Waals surface area contributed by atoms with Crippen LogP contribution in [-0.2, 0) is 0 Å². The fourth-order valence-corrected chi connectivity index (χ4v) is 1.60. The Kier molecular flexibility index (Phi) is 3.64. The molecule has 1 N–H and O–H groups in total. The molecule has 0 fully saturated rings. The minimum absolute atomic E-state index is 0.110. The molecular formula is C10H18O. The molecule has 0 spiro atoms. The summed E-state index contributed by atoms with van der Waals surface area (Å²) in [7, 11) is 0. The summed E-state index contributed by atoms with van der Waals surface area (Å²) in [6.07, 6.45) is 10.4. The molecule has 1 rings (SSSR count). The monoisotopic (exact) mass is 154 g/mol. The van der Waals surface area contributed by atoms with Crippen LogP contribution < -0.4 is 0 Å². The van der Waals surface area contributed by atoms with E-state index in [0.717, 1.165) is 12.3 Å². The van der Waals surface area contributed by atoms with E-state index >= 15 is 0 Å². The van der Waals surface area contributed by atoms with Gasteiger partial charge in [0.2, 0.25) is 0 Å². The second kappa shape index (κ2) is 4.55. The number of aliphatic hydroxyl groups is 1. The van der Waals surface area contributed by atoms with Gasteiger partial charge in [-0.15, -0.1) is 0 Å². The van der Waals surface area contributed by atoms with Gasteiger partial charge in [-0.2, -0.15) is 0 Å². The predicted octanol–water partition coefficient (Wildman–Crippen LogP) is 2.50. The molecular weight excluding hydrogens is 136 g/mol. The fraction of sp³-hybridized carbons (Fsp3) is 0.800. The maximum absolute atomic E-state index is 9.06. The summed E-state index contributed by atoms with van der Waals surface area (Å²) >= 11 is 0. The van der Waals surface area contributed by atoms with Crippen molar-refractivity contribution in [1.82, 2.24) is 0 Å². The Labute approximate surface area is 69.1 Å². The Hall–Kier alpha value is -0.300. The van der Waals surface area contributed by atoms with Crippen molar-refractivity contribution in [3.63, 3.8) is 0 Å². The van der Waals surface area contributed by atoms with Gasteiger partial charge in [0.05, 0.1) is 6.10 Å². The van der Waals surface area contributed by atoms with Crippen LogP contribution in [0, 0.1) is 5.92 Å². The molecule has 0 heterocycles. The average molecular weight is 154 g/mol. The molecule has 1 nitrogen and oxygen atoms in total. The van der Waals surface area contributed by atoms with Crippen molar-refractivity contribution in [2.45, 2.75) is 45.1 Å². The van der Waals surface area contributed by atoms with Gasteiger partial charge in [-0.25, -0.2) is 0 Å². The SMILES string of the molecule is C[C@@H](O)CCC1CC=CCC1. The number of allylic oxidation sites excluding steroid dienone is 2. The summed E-state index contributed by atoms with van der Waals surface area (Å²) in [4.78, 5) is 0. The highest BCUT2D eigenvalue weighted by atomic mass is 16.3. The molecule has 0 aromatic heterocycles. The Morgan fingerprint density at radius 2 is 2.36 bits per heavy atom. The number of aliphatic hydroxyl groups excluding tert-OH is 1. The minimum atomic E-state index is -0.110. The number of hydrogen-bond acceptors (Lipinski definition) is 1. The van der Waals surface area contributed by atoms with E-state index in [0.29, 0.717) is 0 Å². The molecule has 1 aliphatic rings. The van der Waals surface area contributed by atoms with E-state index in [4.69, 9.17) is 5.11 Å². The zero-order chi connectivity index (χ0) is 8.10. The highest BCUT2D eigenvalue weighted by Crippen LogP contribution is 2.23. The third-order valence-corrected chi connectivity index (χ3v) is 2.37. The van der Waals surface area contributed by atoms with Crippen molar-refractivity contribution in [1.29, 1.82) is 0 Å². The highest BCUT2D eigenvalue weighted by Gasteiger charge is 2.10. The lowest BCUT2D eigenvalue weighted by Crippen LogP contribution is -2.07. The summed E-state index contributed by atoms with van der Waals surface area (Å²) < 4.78 is 0. The van der Waals surface area contributed by atoms with Gasteiger partial charge in [-0.3, -0.25) is 0 Å². The first-order valence-corrected chi connectivity index (χ1v) is 4.62. The summed E-state index contributed by atoms with van der Waals surface area (Å²) in [6.45, 7) is 1.87. The van der Waals surface area contributed by atoms with Gasteiger partial charge >= 0.3 is 0 Å². The standard InChI is InChI=1S/C10H18O/c1-9(11)7-8-10-5-3-2-4-6-10/h2-3,9-11H,4-8H2,1H3/t9-,10?/m1/s1. The smallest absolute Gasteiger partial charge is 0.0512 e. The van der Waals surface area contributed by atoms with Crippen LogP contribution in [0.25, 0.3) is 0 Å². The summed E-state index contributed by atoms with van der Waals surface area (Å²) in [5.74, 6) is 0.842. The maximum Gasteiger partial charge on any atom is 0.0512 e. The van der Waals surface area contributed by atoms with Crippen LogP contribution in [0.4, 0.5) is 0 Å². The van der Waals surface area contributed by atoms with Crippen LogP contribution in [0.1, 0.15) is 39.0 Å². The van der Waals surface area contributed by atoms with Gasteiger partial charge in [-0.1, -0.05) is 12.2 Å². The van der Waals surface area contributed by atoms with Crippen LogP contribution >= 0.6 is 0 Å². The molecule has 2 atom stereocenters. The van der Waals surface area contributed by atoms with Crippen molar-refractivity contribution in [3.05, 3.63) is 12.2 Å². The van der Waals surface area contributed by atoms with Crippen LogP contribution in [0.15, 0.2) is 12.2 Å². The summed E-state index contributed by atoms with van der Waals surface area (Å²) in [5, 5.41) is 9.06. The molecule has 0 aromatic carbocycles. The Balaban J connectivity index is 2.11. The van der Waals surface area contributed by atoms with E-state index in [9.17, 15) is 0 Å². The third kappa shape index (κ3) is 3.57. The van der Waals surface area contributed by atoms with Crippen LogP contribution in [-0.4, -0.2) is 11.2 Å². The van der Waals surface area contributed by atoms with E-state index in [-0.39, 0.29) is 6.10 Å².